The van der Waals surface area contributed by atoms with E-state index in [1.165, 1.54) is 0 Å². The van der Waals surface area contributed by atoms with Crippen LogP contribution >= 0.6 is 0 Å². The molecule has 1 fully saturated rings. The van der Waals surface area contributed by atoms with Gasteiger partial charge in [-0.25, -0.2) is 0 Å². The molecule has 1 saturated carbocycles. The molecule has 3 nitrogen and oxygen atoms in total. The zero-order chi connectivity index (χ0) is 11.1. The zero-order valence-corrected chi connectivity index (χ0v) is 9.69. The average Bonchev–Trinajstić information content (AvgIpc) is 3.04. The summed E-state index contributed by atoms with van der Waals surface area (Å²) in [6.07, 6.45) is 5.25. The first-order valence-corrected chi connectivity index (χ1v) is 6.18. The Hall–Kier alpha value is -0.120. The third kappa shape index (κ3) is 6.13. The maximum absolute atomic E-state index is 9.60. The molecular weight excluding hydrogens is 192 g/mol. The molecule has 1 aliphatic carbocycles. The van der Waals surface area contributed by atoms with Gasteiger partial charge < -0.3 is 14.9 Å². The van der Waals surface area contributed by atoms with Crippen LogP contribution in [-0.2, 0) is 4.74 Å². The molecule has 0 aromatic carbocycles. The lowest BCUT2D eigenvalue weighted by atomic mass is 10.1. The number of rotatable bonds is 9. The van der Waals surface area contributed by atoms with Crippen LogP contribution in [0.15, 0.2) is 0 Å². The largest absolute Gasteiger partial charge is 0.393 e. The molecule has 0 saturated heterocycles. The predicted octanol–water partition coefficient (Wildman–Crippen LogP) is 1.72. The molecule has 0 amide bonds. The van der Waals surface area contributed by atoms with Crippen LogP contribution in [0.25, 0.3) is 0 Å². The molecule has 1 aliphatic rings. The first-order chi connectivity index (χ1) is 7.24. The van der Waals surface area contributed by atoms with Crippen molar-refractivity contribution in [3.05, 3.63) is 0 Å². The number of aliphatic hydroxyl groups excluding tert-OH is 2. The van der Waals surface area contributed by atoms with Crippen molar-refractivity contribution in [1.82, 2.24) is 0 Å². The van der Waals surface area contributed by atoms with Crippen LogP contribution in [0.3, 0.4) is 0 Å². The van der Waals surface area contributed by atoms with E-state index in [0.29, 0.717) is 25.4 Å². The minimum Gasteiger partial charge on any atom is -0.393 e. The molecule has 90 valence electrons. The lowest BCUT2D eigenvalue weighted by Gasteiger charge is -2.13. The summed E-state index contributed by atoms with van der Waals surface area (Å²) in [5.74, 6) is 0.512. The van der Waals surface area contributed by atoms with E-state index in [-0.39, 0.29) is 6.10 Å². The molecule has 0 aliphatic heterocycles. The highest BCUT2D eigenvalue weighted by Crippen LogP contribution is 2.34. The van der Waals surface area contributed by atoms with Gasteiger partial charge in [0.1, 0.15) is 0 Å². The van der Waals surface area contributed by atoms with Crippen molar-refractivity contribution < 1.29 is 14.9 Å². The van der Waals surface area contributed by atoms with Gasteiger partial charge in [0.15, 0.2) is 0 Å². The Morgan fingerprint density at radius 3 is 2.60 bits per heavy atom. The van der Waals surface area contributed by atoms with Crippen molar-refractivity contribution in [1.29, 1.82) is 0 Å². The Morgan fingerprint density at radius 2 is 2.00 bits per heavy atom. The van der Waals surface area contributed by atoms with Crippen molar-refractivity contribution in [3.8, 4) is 0 Å². The highest BCUT2D eigenvalue weighted by atomic mass is 16.5. The molecule has 0 radical (unpaired) electrons. The van der Waals surface area contributed by atoms with Crippen molar-refractivity contribution in [2.75, 3.05) is 13.2 Å². The van der Waals surface area contributed by atoms with Gasteiger partial charge in [-0.2, -0.15) is 0 Å². The summed E-state index contributed by atoms with van der Waals surface area (Å²) >= 11 is 0. The van der Waals surface area contributed by atoms with Gasteiger partial charge in [0.2, 0.25) is 0 Å². The molecule has 0 bridgehead atoms. The standard InChI is InChI=1S/C12H24O3/c1-2-3-8-15-9-11(13)6-7-12(14)10-4-5-10/h10-14H,2-9H2,1H3. The third-order valence-electron chi connectivity index (χ3n) is 2.91. The van der Waals surface area contributed by atoms with Crippen LogP contribution in [0, 0.1) is 5.92 Å². The molecule has 0 aromatic rings. The van der Waals surface area contributed by atoms with Crippen LogP contribution in [0.2, 0.25) is 0 Å². The van der Waals surface area contributed by atoms with Crippen molar-refractivity contribution >= 4 is 0 Å². The normalized spacial score (nSPS) is 20.2. The molecule has 0 heterocycles. The van der Waals surface area contributed by atoms with Gasteiger partial charge in [-0.05, 0) is 38.0 Å². The Labute approximate surface area is 92.4 Å². The van der Waals surface area contributed by atoms with Crippen LogP contribution < -0.4 is 0 Å². The summed E-state index contributed by atoms with van der Waals surface area (Å²) in [5.41, 5.74) is 0. The molecule has 3 heteroatoms. The molecule has 0 aromatic heterocycles. The maximum Gasteiger partial charge on any atom is 0.0774 e. The fourth-order valence-electron chi connectivity index (χ4n) is 1.63. The van der Waals surface area contributed by atoms with Crippen LogP contribution in [-0.4, -0.2) is 35.6 Å². The van der Waals surface area contributed by atoms with Crippen molar-refractivity contribution in [2.24, 2.45) is 5.92 Å². The molecule has 2 unspecified atom stereocenters. The predicted molar refractivity (Wildman–Crippen MR) is 59.7 cm³/mol. The fraction of sp³-hybridized carbons (Fsp3) is 1.00. The quantitative estimate of drug-likeness (QED) is 0.577. The van der Waals surface area contributed by atoms with Gasteiger partial charge in [-0.15, -0.1) is 0 Å². The molecule has 0 spiro atoms. The number of hydrogen-bond acceptors (Lipinski definition) is 3. The fourth-order valence-corrected chi connectivity index (χ4v) is 1.63. The zero-order valence-electron chi connectivity index (χ0n) is 9.69. The van der Waals surface area contributed by atoms with E-state index >= 15 is 0 Å². The lowest BCUT2D eigenvalue weighted by Crippen LogP contribution is -2.19. The van der Waals surface area contributed by atoms with E-state index in [2.05, 4.69) is 6.92 Å². The number of ether oxygens (including phenoxy) is 1. The average molecular weight is 216 g/mol. The second kappa shape index (κ2) is 7.20. The summed E-state index contributed by atoms with van der Waals surface area (Å²) < 4.78 is 5.31. The van der Waals surface area contributed by atoms with E-state index in [9.17, 15) is 10.2 Å². The van der Waals surface area contributed by atoms with E-state index in [1.54, 1.807) is 0 Å². The van der Waals surface area contributed by atoms with Crippen molar-refractivity contribution in [3.63, 3.8) is 0 Å². The summed E-state index contributed by atoms with van der Waals surface area (Å²) in [5, 5.41) is 19.2. The van der Waals surface area contributed by atoms with Crippen molar-refractivity contribution in [2.45, 2.75) is 57.7 Å². The smallest absolute Gasteiger partial charge is 0.0774 e. The summed E-state index contributed by atoms with van der Waals surface area (Å²) in [7, 11) is 0. The van der Waals surface area contributed by atoms with Gasteiger partial charge in [0.25, 0.3) is 0 Å². The van der Waals surface area contributed by atoms with E-state index in [0.717, 1.165) is 32.3 Å². The maximum atomic E-state index is 9.60. The minimum atomic E-state index is -0.407. The highest BCUT2D eigenvalue weighted by molar-refractivity contribution is 4.81. The SMILES string of the molecule is CCCCOCC(O)CCC(O)C1CC1. The van der Waals surface area contributed by atoms with Gasteiger partial charge in [-0.3, -0.25) is 0 Å². The first-order valence-electron chi connectivity index (χ1n) is 6.18. The second-order valence-corrected chi connectivity index (χ2v) is 4.56. The Kier molecular flexibility index (Phi) is 6.22. The molecule has 2 N–H and O–H groups in total. The summed E-state index contributed by atoms with van der Waals surface area (Å²) in [6.45, 7) is 3.27. The summed E-state index contributed by atoms with van der Waals surface area (Å²) in [6, 6.07) is 0. The molecule has 15 heavy (non-hydrogen) atoms. The monoisotopic (exact) mass is 216 g/mol. The highest BCUT2D eigenvalue weighted by Gasteiger charge is 2.29. The van der Waals surface area contributed by atoms with Gasteiger partial charge >= 0.3 is 0 Å². The number of aliphatic hydroxyl groups is 2. The Balaban J connectivity index is 1.90. The van der Waals surface area contributed by atoms with Crippen LogP contribution in [0.1, 0.15) is 45.4 Å². The Bertz CT molecular complexity index is 157. The summed E-state index contributed by atoms with van der Waals surface area (Å²) in [4.78, 5) is 0. The minimum absolute atomic E-state index is 0.199. The number of unbranched alkanes of at least 4 members (excludes halogenated alkanes) is 1. The number of hydrogen-bond donors (Lipinski definition) is 2. The second-order valence-electron chi connectivity index (χ2n) is 4.56. The van der Waals surface area contributed by atoms with E-state index < -0.39 is 6.10 Å². The van der Waals surface area contributed by atoms with Crippen LogP contribution in [0.4, 0.5) is 0 Å². The van der Waals surface area contributed by atoms with E-state index in [4.69, 9.17) is 4.74 Å². The van der Waals surface area contributed by atoms with Gasteiger partial charge in [0.05, 0.1) is 18.8 Å². The van der Waals surface area contributed by atoms with Gasteiger partial charge in [0, 0.05) is 6.61 Å². The molecule has 2 atom stereocenters. The van der Waals surface area contributed by atoms with E-state index in [1.807, 2.05) is 0 Å². The topological polar surface area (TPSA) is 49.7 Å². The molecule has 1 rings (SSSR count). The first kappa shape index (κ1) is 12.9. The lowest BCUT2D eigenvalue weighted by molar-refractivity contribution is 0.0211. The third-order valence-corrected chi connectivity index (χ3v) is 2.91. The molecular formula is C12H24O3. The van der Waals surface area contributed by atoms with Crippen LogP contribution in [0.5, 0.6) is 0 Å². The Morgan fingerprint density at radius 1 is 1.27 bits per heavy atom. The van der Waals surface area contributed by atoms with Gasteiger partial charge in [-0.1, -0.05) is 13.3 Å².